The zero-order chi connectivity index (χ0) is 15.5. The second-order valence-corrected chi connectivity index (χ2v) is 5.21. The van der Waals surface area contributed by atoms with Gasteiger partial charge in [-0.2, -0.15) is 5.10 Å². The maximum atomic E-state index is 12.6. The zero-order valence-electron chi connectivity index (χ0n) is 12.6. The molecule has 0 saturated heterocycles. The second-order valence-electron chi connectivity index (χ2n) is 5.21. The van der Waals surface area contributed by atoms with Crippen molar-refractivity contribution in [2.24, 2.45) is 7.05 Å². The van der Waals surface area contributed by atoms with E-state index >= 15 is 0 Å². The standard InChI is InChI=1S/C17H17N3O2/c1-19(11-13-10-18-20(2)12-13)17(21)16-15(8-9-22-16)14-6-4-3-5-7-14/h3-10,12H,11H2,1-2H3. The van der Waals surface area contributed by atoms with Gasteiger partial charge >= 0.3 is 0 Å². The van der Waals surface area contributed by atoms with E-state index in [0.717, 1.165) is 16.7 Å². The van der Waals surface area contributed by atoms with Crippen molar-refractivity contribution in [3.63, 3.8) is 0 Å². The Balaban J connectivity index is 1.82. The van der Waals surface area contributed by atoms with E-state index in [4.69, 9.17) is 4.42 Å². The number of carbonyl (C=O) groups excluding carboxylic acids is 1. The van der Waals surface area contributed by atoms with Crippen molar-refractivity contribution in [2.45, 2.75) is 6.54 Å². The highest BCUT2D eigenvalue weighted by molar-refractivity contribution is 5.98. The molecule has 5 heteroatoms. The summed E-state index contributed by atoms with van der Waals surface area (Å²) >= 11 is 0. The highest BCUT2D eigenvalue weighted by Gasteiger charge is 2.20. The molecule has 1 aromatic carbocycles. The summed E-state index contributed by atoms with van der Waals surface area (Å²) in [7, 11) is 3.61. The molecule has 0 spiro atoms. The summed E-state index contributed by atoms with van der Waals surface area (Å²) < 4.78 is 7.15. The van der Waals surface area contributed by atoms with Crippen LogP contribution in [-0.4, -0.2) is 27.6 Å². The summed E-state index contributed by atoms with van der Waals surface area (Å²) in [5.74, 6) is 0.213. The van der Waals surface area contributed by atoms with E-state index in [9.17, 15) is 4.79 Å². The van der Waals surface area contributed by atoms with Crippen molar-refractivity contribution in [2.75, 3.05) is 7.05 Å². The van der Waals surface area contributed by atoms with E-state index in [1.54, 1.807) is 29.1 Å². The maximum absolute atomic E-state index is 12.6. The molecule has 2 heterocycles. The molecule has 2 aromatic heterocycles. The van der Waals surface area contributed by atoms with E-state index in [1.807, 2.05) is 49.6 Å². The van der Waals surface area contributed by atoms with Gasteiger partial charge in [0.05, 0.1) is 12.5 Å². The van der Waals surface area contributed by atoms with Gasteiger partial charge in [0.1, 0.15) is 0 Å². The molecular weight excluding hydrogens is 278 g/mol. The Hall–Kier alpha value is -2.82. The van der Waals surface area contributed by atoms with E-state index in [-0.39, 0.29) is 5.91 Å². The molecule has 0 unspecified atom stereocenters. The third-order valence-corrected chi connectivity index (χ3v) is 3.47. The van der Waals surface area contributed by atoms with Gasteiger partial charge in [0.25, 0.3) is 5.91 Å². The third-order valence-electron chi connectivity index (χ3n) is 3.47. The fourth-order valence-corrected chi connectivity index (χ4v) is 2.39. The quantitative estimate of drug-likeness (QED) is 0.743. The minimum absolute atomic E-state index is 0.146. The predicted octanol–water partition coefficient (Wildman–Crippen LogP) is 2.95. The van der Waals surface area contributed by atoms with Crippen LogP contribution >= 0.6 is 0 Å². The van der Waals surface area contributed by atoms with Gasteiger partial charge in [-0.1, -0.05) is 30.3 Å². The van der Waals surface area contributed by atoms with Gasteiger partial charge in [0.2, 0.25) is 0 Å². The monoisotopic (exact) mass is 295 g/mol. The van der Waals surface area contributed by atoms with Crippen LogP contribution in [0.5, 0.6) is 0 Å². The first-order chi connectivity index (χ1) is 10.6. The van der Waals surface area contributed by atoms with Crippen LogP contribution in [0.25, 0.3) is 11.1 Å². The van der Waals surface area contributed by atoms with Crippen molar-refractivity contribution in [1.82, 2.24) is 14.7 Å². The summed E-state index contributed by atoms with van der Waals surface area (Å²) in [6.45, 7) is 0.488. The Kier molecular flexibility index (Phi) is 3.78. The first kappa shape index (κ1) is 14.1. The molecule has 0 radical (unpaired) electrons. The highest BCUT2D eigenvalue weighted by atomic mass is 16.3. The number of hydrogen-bond acceptors (Lipinski definition) is 3. The molecule has 22 heavy (non-hydrogen) atoms. The van der Waals surface area contributed by atoms with Gasteiger partial charge < -0.3 is 9.32 Å². The molecule has 0 atom stereocenters. The van der Waals surface area contributed by atoms with Gasteiger partial charge in [0.15, 0.2) is 5.76 Å². The smallest absolute Gasteiger partial charge is 0.290 e. The first-order valence-corrected chi connectivity index (χ1v) is 7.01. The van der Waals surface area contributed by atoms with E-state index < -0.39 is 0 Å². The van der Waals surface area contributed by atoms with Crippen LogP contribution in [0.4, 0.5) is 0 Å². The Morgan fingerprint density at radius 2 is 2.05 bits per heavy atom. The summed E-state index contributed by atoms with van der Waals surface area (Å²) in [4.78, 5) is 14.2. The number of carbonyl (C=O) groups is 1. The number of aryl methyl sites for hydroxylation is 1. The molecule has 0 aliphatic rings. The molecule has 1 amide bonds. The van der Waals surface area contributed by atoms with Crippen LogP contribution in [-0.2, 0) is 13.6 Å². The Morgan fingerprint density at radius 3 is 2.73 bits per heavy atom. The average molecular weight is 295 g/mol. The van der Waals surface area contributed by atoms with Crippen molar-refractivity contribution >= 4 is 5.91 Å². The minimum atomic E-state index is -0.146. The van der Waals surface area contributed by atoms with Gasteiger partial charge in [-0.15, -0.1) is 0 Å². The molecule has 0 bridgehead atoms. The van der Waals surface area contributed by atoms with Crippen LogP contribution in [0.2, 0.25) is 0 Å². The normalized spacial score (nSPS) is 10.6. The lowest BCUT2D eigenvalue weighted by molar-refractivity contribution is 0.0754. The minimum Gasteiger partial charge on any atom is -0.459 e. The van der Waals surface area contributed by atoms with Crippen LogP contribution in [0.3, 0.4) is 0 Å². The molecule has 3 aromatic rings. The molecule has 0 N–H and O–H groups in total. The van der Waals surface area contributed by atoms with Crippen molar-refractivity contribution < 1.29 is 9.21 Å². The number of hydrogen-bond donors (Lipinski definition) is 0. The number of furan rings is 1. The summed E-state index contributed by atoms with van der Waals surface area (Å²) in [5, 5.41) is 4.11. The number of benzene rings is 1. The number of aromatic nitrogens is 2. The van der Waals surface area contributed by atoms with E-state index in [2.05, 4.69) is 5.10 Å². The summed E-state index contributed by atoms with van der Waals surface area (Å²) in [5.41, 5.74) is 2.75. The maximum Gasteiger partial charge on any atom is 0.290 e. The van der Waals surface area contributed by atoms with Crippen molar-refractivity contribution in [3.05, 3.63) is 66.4 Å². The van der Waals surface area contributed by atoms with E-state index in [0.29, 0.717) is 12.3 Å². The van der Waals surface area contributed by atoms with Crippen LogP contribution in [0, 0.1) is 0 Å². The summed E-state index contributed by atoms with van der Waals surface area (Å²) in [6, 6.07) is 11.6. The van der Waals surface area contributed by atoms with Crippen molar-refractivity contribution in [1.29, 1.82) is 0 Å². The number of nitrogens with zero attached hydrogens (tertiary/aromatic N) is 3. The van der Waals surface area contributed by atoms with Gasteiger partial charge in [-0.05, 0) is 11.6 Å². The molecule has 5 nitrogen and oxygen atoms in total. The molecule has 0 aliphatic carbocycles. The lowest BCUT2D eigenvalue weighted by atomic mass is 10.1. The van der Waals surface area contributed by atoms with Crippen LogP contribution in [0.15, 0.2) is 59.5 Å². The van der Waals surface area contributed by atoms with Crippen LogP contribution < -0.4 is 0 Å². The molecule has 112 valence electrons. The lowest BCUT2D eigenvalue weighted by Crippen LogP contribution is -2.26. The average Bonchev–Trinajstić information content (AvgIpc) is 3.16. The first-order valence-electron chi connectivity index (χ1n) is 7.01. The highest BCUT2D eigenvalue weighted by Crippen LogP contribution is 2.25. The molecule has 0 saturated carbocycles. The van der Waals surface area contributed by atoms with Crippen LogP contribution in [0.1, 0.15) is 16.1 Å². The SMILES string of the molecule is CN(Cc1cnn(C)c1)C(=O)c1occc1-c1ccccc1. The lowest BCUT2D eigenvalue weighted by Gasteiger charge is -2.15. The molecule has 0 aliphatic heterocycles. The fourth-order valence-electron chi connectivity index (χ4n) is 2.39. The Labute approximate surface area is 128 Å². The molecular formula is C17H17N3O2. The third kappa shape index (κ3) is 2.79. The largest absolute Gasteiger partial charge is 0.459 e. The Morgan fingerprint density at radius 1 is 1.27 bits per heavy atom. The Bertz CT molecular complexity index is 774. The molecule has 3 rings (SSSR count). The fraction of sp³-hybridized carbons (Fsp3) is 0.176. The van der Waals surface area contributed by atoms with Crippen molar-refractivity contribution in [3.8, 4) is 11.1 Å². The zero-order valence-corrected chi connectivity index (χ0v) is 12.6. The predicted molar refractivity (Wildman–Crippen MR) is 83.1 cm³/mol. The van der Waals surface area contributed by atoms with Gasteiger partial charge in [0, 0.05) is 38.0 Å². The van der Waals surface area contributed by atoms with Gasteiger partial charge in [-0.3, -0.25) is 9.48 Å². The second kappa shape index (κ2) is 5.89. The number of rotatable bonds is 4. The topological polar surface area (TPSA) is 51.3 Å². The number of amides is 1. The summed E-state index contributed by atoms with van der Waals surface area (Å²) in [6.07, 6.45) is 5.20. The van der Waals surface area contributed by atoms with E-state index in [1.165, 1.54) is 0 Å². The van der Waals surface area contributed by atoms with Gasteiger partial charge in [-0.25, -0.2) is 0 Å². The molecule has 0 fully saturated rings.